The van der Waals surface area contributed by atoms with Gasteiger partial charge in [-0.2, -0.15) is 0 Å². The van der Waals surface area contributed by atoms with Crippen LogP contribution in [0.5, 0.6) is 0 Å². The molecule has 1 aromatic heterocycles. The lowest BCUT2D eigenvalue weighted by Crippen LogP contribution is -2.35. The predicted octanol–water partition coefficient (Wildman–Crippen LogP) is 4.01. The van der Waals surface area contributed by atoms with Crippen molar-refractivity contribution in [2.24, 2.45) is 0 Å². The zero-order valence-electron chi connectivity index (χ0n) is 17.0. The van der Waals surface area contributed by atoms with Gasteiger partial charge in [-0.15, -0.1) is 0 Å². The smallest absolute Gasteiger partial charge is 0.340 e. The number of benzene rings is 2. The van der Waals surface area contributed by atoms with E-state index < -0.39 is 12.1 Å². The Morgan fingerprint density at radius 3 is 2.17 bits per heavy atom. The van der Waals surface area contributed by atoms with Gasteiger partial charge in [-0.1, -0.05) is 60.7 Å². The fourth-order valence-electron chi connectivity index (χ4n) is 3.22. The summed E-state index contributed by atoms with van der Waals surface area (Å²) in [4.78, 5) is 24.9. The fourth-order valence-corrected chi connectivity index (χ4v) is 3.22. The van der Waals surface area contributed by atoms with Gasteiger partial charge in [-0.25, -0.2) is 4.79 Å². The Morgan fingerprint density at radius 1 is 0.966 bits per heavy atom. The zero-order chi connectivity index (χ0) is 20.8. The van der Waals surface area contributed by atoms with E-state index in [1.54, 1.807) is 6.92 Å². The molecule has 0 fully saturated rings. The number of hydrogen-bond donors (Lipinski definition) is 1. The van der Waals surface area contributed by atoms with Crippen molar-refractivity contribution in [2.45, 2.75) is 40.0 Å². The lowest BCUT2D eigenvalue weighted by molar-refractivity contribution is -0.129. The number of esters is 1. The van der Waals surface area contributed by atoms with Gasteiger partial charge in [0, 0.05) is 24.5 Å². The first-order valence-corrected chi connectivity index (χ1v) is 9.69. The number of rotatable bonds is 7. The first kappa shape index (κ1) is 20.4. The number of amides is 1. The third kappa shape index (κ3) is 5.13. The Morgan fingerprint density at radius 2 is 1.55 bits per heavy atom. The molecule has 1 unspecified atom stereocenters. The van der Waals surface area contributed by atoms with E-state index in [0.717, 1.165) is 22.5 Å². The molecule has 3 rings (SSSR count). The maximum atomic E-state index is 12.7. The van der Waals surface area contributed by atoms with Crippen LogP contribution in [0.3, 0.4) is 0 Å². The molecule has 1 atom stereocenters. The second kappa shape index (κ2) is 9.24. The quantitative estimate of drug-likeness (QED) is 0.620. The van der Waals surface area contributed by atoms with Crippen molar-refractivity contribution in [1.82, 2.24) is 9.88 Å². The monoisotopic (exact) mass is 390 g/mol. The van der Waals surface area contributed by atoms with Gasteiger partial charge in [0.25, 0.3) is 5.91 Å². The van der Waals surface area contributed by atoms with E-state index in [9.17, 15) is 9.59 Å². The molecule has 0 aliphatic rings. The summed E-state index contributed by atoms with van der Waals surface area (Å²) in [6, 6.07) is 21.5. The number of aromatic nitrogens is 1. The molecule has 1 amide bonds. The third-order valence-electron chi connectivity index (χ3n) is 4.94. The number of carbonyl (C=O) groups excluding carboxylic acids is 2. The van der Waals surface area contributed by atoms with Crippen LogP contribution in [0, 0.1) is 13.8 Å². The highest BCUT2D eigenvalue weighted by Gasteiger charge is 2.22. The Bertz CT molecular complexity index is 978. The molecule has 5 nitrogen and oxygen atoms in total. The summed E-state index contributed by atoms with van der Waals surface area (Å²) in [6.07, 6.45) is -0.872. The molecule has 0 radical (unpaired) electrons. The van der Waals surface area contributed by atoms with Crippen LogP contribution in [0.4, 0.5) is 0 Å². The second-order valence-electron chi connectivity index (χ2n) is 7.11. The average Bonchev–Trinajstić information content (AvgIpc) is 3.02. The minimum Gasteiger partial charge on any atom is -0.449 e. The molecule has 3 aromatic rings. The second-order valence-corrected chi connectivity index (χ2v) is 7.11. The molecule has 150 valence electrons. The molecule has 0 bridgehead atoms. The lowest BCUT2D eigenvalue weighted by Gasteiger charge is -2.14. The van der Waals surface area contributed by atoms with Crippen molar-refractivity contribution >= 4 is 11.9 Å². The fraction of sp³-hybridized carbons (Fsp3) is 0.250. The minimum atomic E-state index is -0.872. The van der Waals surface area contributed by atoms with E-state index in [1.165, 1.54) is 0 Å². The van der Waals surface area contributed by atoms with E-state index in [4.69, 9.17) is 4.74 Å². The number of hydrogen-bond acceptors (Lipinski definition) is 3. The van der Waals surface area contributed by atoms with Gasteiger partial charge in [-0.3, -0.25) is 4.79 Å². The highest BCUT2D eigenvalue weighted by Crippen LogP contribution is 2.19. The van der Waals surface area contributed by atoms with Crippen molar-refractivity contribution in [2.75, 3.05) is 0 Å². The normalized spacial score (nSPS) is 11.7. The molecule has 1 heterocycles. The molecule has 0 aliphatic carbocycles. The van der Waals surface area contributed by atoms with Crippen LogP contribution >= 0.6 is 0 Å². The summed E-state index contributed by atoms with van der Waals surface area (Å²) in [7, 11) is 0. The van der Waals surface area contributed by atoms with E-state index >= 15 is 0 Å². The molecular formula is C24H26N2O3. The zero-order valence-corrected chi connectivity index (χ0v) is 17.0. The van der Waals surface area contributed by atoms with Crippen LogP contribution in [0.1, 0.15) is 39.8 Å². The number of nitrogens with one attached hydrogen (secondary N) is 1. The van der Waals surface area contributed by atoms with Gasteiger partial charge in [0.05, 0.1) is 5.56 Å². The van der Waals surface area contributed by atoms with Crippen molar-refractivity contribution in [3.05, 3.63) is 94.8 Å². The van der Waals surface area contributed by atoms with Crippen molar-refractivity contribution < 1.29 is 14.3 Å². The van der Waals surface area contributed by atoms with Gasteiger partial charge in [0.2, 0.25) is 0 Å². The van der Waals surface area contributed by atoms with Crippen LogP contribution in [0.15, 0.2) is 66.7 Å². The van der Waals surface area contributed by atoms with Crippen LogP contribution in [0.25, 0.3) is 0 Å². The van der Waals surface area contributed by atoms with Crippen molar-refractivity contribution in [3.63, 3.8) is 0 Å². The molecule has 5 heteroatoms. The SMILES string of the molecule is Cc1cc(C(=O)OC(C)C(=O)NCc2ccccc2)c(C)n1Cc1ccccc1. The minimum absolute atomic E-state index is 0.319. The van der Waals surface area contributed by atoms with E-state index in [1.807, 2.05) is 68.4 Å². The molecule has 1 N–H and O–H groups in total. The third-order valence-corrected chi connectivity index (χ3v) is 4.94. The van der Waals surface area contributed by atoms with Gasteiger partial charge in [-0.05, 0) is 38.0 Å². The topological polar surface area (TPSA) is 60.3 Å². The standard InChI is InChI=1S/C24H26N2O3/c1-17-14-22(18(2)26(17)16-21-12-8-5-9-13-21)24(28)29-19(3)23(27)25-15-20-10-6-4-7-11-20/h4-14,19H,15-16H2,1-3H3,(H,25,27). The van der Waals surface area contributed by atoms with E-state index in [0.29, 0.717) is 18.7 Å². The predicted molar refractivity (Wildman–Crippen MR) is 113 cm³/mol. The van der Waals surface area contributed by atoms with Crippen molar-refractivity contribution in [1.29, 1.82) is 0 Å². The molecule has 0 saturated heterocycles. The molecule has 2 aromatic carbocycles. The van der Waals surface area contributed by atoms with Gasteiger partial charge in [0.1, 0.15) is 0 Å². The first-order valence-electron chi connectivity index (χ1n) is 9.69. The van der Waals surface area contributed by atoms with Crippen molar-refractivity contribution in [3.8, 4) is 0 Å². The number of nitrogens with zero attached hydrogens (tertiary/aromatic N) is 1. The van der Waals surface area contributed by atoms with Crippen LogP contribution in [-0.2, 0) is 22.6 Å². The van der Waals surface area contributed by atoms with Crippen LogP contribution in [-0.4, -0.2) is 22.5 Å². The Kier molecular flexibility index (Phi) is 6.50. The largest absolute Gasteiger partial charge is 0.449 e. The van der Waals surface area contributed by atoms with Gasteiger partial charge < -0.3 is 14.6 Å². The average molecular weight is 390 g/mol. The summed E-state index contributed by atoms with van der Waals surface area (Å²) in [5.41, 5.74) is 4.43. The van der Waals surface area contributed by atoms with Gasteiger partial charge >= 0.3 is 5.97 Å². The number of ether oxygens (including phenoxy) is 1. The highest BCUT2D eigenvalue weighted by atomic mass is 16.5. The number of carbonyl (C=O) groups is 2. The highest BCUT2D eigenvalue weighted by molar-refractivity contribution is 5.93. The maximum absolute atomic E-state index is 12.7. The number of aryl methyl sites for hydroxylation is 1. The summed E-state index contributed by atoms with van der Waals surface area (Å²) in [5, 5.41) is 2.80. The van der Waals surface area contributed by atoms with E-state index in [-0.39, 0.29) is 5.91 Å². The Hall–Kier alpha value is -3.34. The molecular weight excluding hydrogens is 364 g/mol. The summed E-state index contributed by atoms with van der Waals surface area (Å²) in [5.74, 6) is -0.805. The van der Waals surface area contributed by atoms with Crippen LogP contribution in [0.2, 0.25) is 0 Å². The Labute approximate surface area is 171 Å². The summed E-state index contributed by atoms with van der Waals surface area (Å²) in [6.45, 7) is 6.52. The summed E-state index contributed by atoms with van der Waals surface area (Å²) < 4.78 is 7.50. The lowest BCUT2D eigenvalue weighted by atomic mass is 10.2. The van der Waals surface area contributed by atoms with Crippen LogP contribution < -0.4 is 5.32 Å². The maximum Gasteiger partial charge on any atom is 0.340 e. The first-order chi connectivity index (χ1) is 14.0. The van der Waals surface area contributed by atoms with E-state index in [2.05, 4.69) is 22.0 Å². The molecule has 0 aliphatic heterocycles. The summed E-state index contributed by atoms with van der Waals surface area (Å²) >= 11 is 0. The van der Waals surface area contributed by atoms with Gasteiger partial charge in [0.15, 0.2) is 6.10 Å². The molecule has 29 heavy (non-hydrogen) atoms. The molecule has 0 spiro atoms. The Balaban J connectivity index is 1.62. The molecule has 0 saturated carbocycles.